The van der Waals surface area contributed by atoms with Crippen molar-refractivity contribution in [3.8, 4) is 5.75 Å². The molecule has 0 radical (unpaired) electrons. The third-order valence-electron chi connectivity index (χ3n) is 5.49. The summed E-state index contributed by atoms with van der Waals surface area (Å²) in [5, 5.41) is 5.85. The van der Waals surface area contributed by atoms with Crippen LogP contribution < -0.4 is 25.8 Å². The van der Waals surface area contributed by atoms with Gasteiger partial charge in [-0.1, -0.05) is 12.1 Å². The zero-order valence-corrected chi connectivity index (χ0v) is 17.7. The Bertz CT molecular complexity index is 1140. The smallest absolute Gasteiger partial charge is 0.319 e. The topological polar surface area (TPSA) is 101 Å². The van der Waals surface area contributed by atoms with Crippen LogP contribution in [0.15, 0.2) is 47.4 Å². The van der Waals surface area contributed by atoms with Crippen LogP contribution in [-0.2, 0) is 6.54 Å². The summed E-state index contributed by atoms with van der Waals surface area (Å²) in [5.74, 6) is 1.05. The molecule has 3 heterocycles. The minimum Gasteiger partial charge on any atom is -0.495 e. The number of fused-ring (bicyclic) bond motifs is 1. The average molecular weight is 422 g/mol. The minimum atomic E-state index is -0.272. The Labute approximate surface area is 180 Å². The average Bonchev–Trinajstić information content (AvgIpc) is 2.79. The Kier molecular flexibility index (Phi) is 6.01. The van der Waals surface area contributed by atoms with Gasteiger partial charge in [0.05, 0.1) is 12.8 Å². The van der Waals surface area contributed by atoms with Gasteiger partial charge in [-0.2, -0.15) is 0 Å². The van der Waals surface area contributed by atoms with Gasteiger partial charge in [0.15, 0.2) is 11.5 Å². The lowest BCUT2D eigenvalue weighted by molar-refractivity contribution is 0.246. The molecule has 0 bridgehead atoms. The number of ether oxygens (including phenoxy) is 1. The van der Waals surface area contributed by atoms with Crippen molar-refractivity contribution >= 4 is 28.7 Å². The summed E-state index contributed by atoms with van der Waals surface area (Å²) < 4.78 is 6.92. The molecule has 0 atom stereocenters. The van der Waals surface area contributed by atoms with Crippen LogP contribution in [0.5, 0.6) is 5.75 Å². The van der Waals surface area contributed by atoms with Gasteiger partial charge < -0.3 is 20.3 Å². The number of anilines is 2. The minimum absolute atomic E-state index is 0.0153. The lowest BCUT2D eigenvalue weighted by Crippen LogP contribution is -2.47. The molecule has 0 saturated carbocycles. The predicted molar refractivity (Wildman–Crippen MR) is 120 cm³/mol. The summed E-state index contributed by atoms with van der Waals surface area (Å²) in [7, 11) is 1.57. The molecule has 2 aromatic heterocycles. The van der Waals surface area contributed by atoms with Gasteiger partial charge in [0.25, 0.3) is 5.56 Å². The standard InChI is InChI=1S/C22H26N6O3/c1-3-28-19-17(8-6-12-23-19)25-20(21(28)29)27-13-10-15(11-14-27)24-22(30)26-16-7-4-5-9-18(16)31-2/h4-9,12,15H,3,10-11,13-14H2,1-2H3,(H2,24,26,30). The van der Waals surface area contributed by atoms with E-state index in [0.29, 0.717) is 48.1 Å². The molecule has 2 N–H and O–H groups in total. The van der Waals surface area contributed by atoms with Gasteiger partial charge in [-0.3, -0.25) is 9.36 Å². The zero-order chi connectivity index (χ0) is 21.8. The van der Waals surface area contributed by atoms with Gasteiger partial charge in [-0.15, -0.1) is 0 Å². The van der Waals surface area contributed by atoms with Crippen molar-refractivity contribution in [2.45, 2.75) is 32.4 Å². The number of hydrogen-bond acceptors (Lipinski definition) is 6. The van der Waals surface area contributed by atoms with E-state index < -0.39 is 0 Å². The van der Waals surface area contributed by atoms with Crippen LogP contribution in [-0.4, -0.2) is 46.8 Å². The van der Waals surface area contributed by atoms with E-state index in [1.807, 2.05) is 36.1 Å². The third-order valence-corrected chi connectivity index (χ3v) is 5.49. The first-order chi connectivity index (χ1) is 15.1. The van der Waals surface area contributed by atoms with Gasteiger partial charge in [-0.25, -0.2) is 14.8 Å². The first-order valence-corrected chi connectivity index (χ1v) is 10.4. The first-order valence-electron chi connectivity index (χ1n) is 10.4. The van der Waals surface area contributed by atoms with Crippen molar-refractivity contribution in [3.05, 3.63) is 52.9 Å². The maximum absolute atomic E-state index is 13.0. The third kappa shape index (κ3) is 4.30. The number of benzene rings is 1. The van der Waals surface area contributed by atoms with E-state index >= 15 is 0 Å². The number of nitrogens with zero attached hydrogens (tertiary/aromatic N) is 4. The number of carbonyl (C=O) groups is 1. The van der Waals surface area contributed by atoms with Crippen LogP contribution in [0.3, 0.4) is 0 Å². The SMILES string of the molecule is CCn1c(=O)c(N2CCC(NC(=O)Nc3ccccc3OC)CC2)nc2cccnc21. The van der Waals surface area contributed by atoms with Gasteiger partial charge >= 0.3 is 6.03 Å². The number of methoxy groups -OCH3 is 1. The van der Waals surface area contributed by atoms with Crippen LogP contribution >= 0.6 is 0 Å². The van der Waals surface area contributed by atoms with Gasteiger partial charge in [0.1, 0.15) is 11.3 Å². The van der Waals surface area contributed by atoms with E-state index in [0.717, 1.165) is 12.8 Å². The number of pyridine rings is 1. The first kappa shape index (κ1) is 20.6. The summed E-state index contributed by atoms with van der Waals surface area (Å²) in [4.78, 5) is 36.3. The largest absolute Gasteiger partial charge is 0.495 e. The maximum Gasteiger partial charge on any atom is 0.319 e. The number of aromatic nitrogens is 3. The highest BCUT2D eigenvalue weighted by molar-refractivity contribution is 5.91. The number of nitrogens with one attached hydrogen (secondary N) is 2. The molecule has 9 nitrogen and oxygen atoms in total. The fraction of sp³-hybridized carbons (Fsp3) is 0.364. The number of rotatable bonds is 5. The van der Waals surface area contributed by atoms with E-state index in [-0.39, 0.29) is 17.6 Å². The monoisotopic (exact) mass is 422 g/mol. The number of hydrogen-bond donors (Lipinski definition) is 2. The quantitative estimate of drug-likeness (QED) is 0.655. The van der Waals surface area contributed by atoms with E-state index in [2.05, 4.69) is 20.6 Å². The lowest BCUT2D eigenvalue weighted by atomic mass is 10.1. The number of amides is 2. The summed E-state index contributed by atoms with van der Waals surface area (Å²) in [5.41, 5.74) is 1.79. The maximum atomic E-state index is 13.0. The zero-order valence-electron chi connectivity index (χ0n) is 17.7. The highest BCUT2D eigenvalue weighted by Gasteiger charge is 2.24. The number of para-hydroxylation sites is 2. The van der Waals surface area contributed by atoms with Crippen molar-refractivity contribution in [1.82, 2.24) is 19.9 Å². The molecule has 1 aliphatic rings. The van der Waals surface area contributed by atoms with E-state index in [1.54, 1.807) is 30.0 Å². The van der Waals surface area contributed by atoms with Crippen molar-refractivity contribution in [3.63, 3.8) is 0 Å². The van der Waals surface area contributed by atoms with E-state index in [9.17, 15) is 9.59 Å². The fourth-order valence-electron chi connectivity index (χ4n) is 3.89. The van der Waals surface area contributed by atoms with E-state index in [1.165, 1.54) is 0 Å². The Morgan fingerprint density at radius 1 is 1.19 bits per heavy atom. The molecule has 1 aliphatic heterocycles. The van der Waals surface area contributed by atoms with Gasteiger partial charge in [0, 0.05) is 31.9 Å². The number of urea groups is 1. The second-order valence-corrected chi connectivity index (χ2v) is 7.39. The molecule has 31 heavy (non-hydrogen) atoms. The van der Waals surface area contributed by atoms with Crippen LogP contribution in [0.4, 0.5) is 16.3 Å². The van der Waals surface area contributed by atoms with E-state index in [4.69, 9.17) is 4.74 Å². The fourth-order valence-corrected chi connectivity index (χ4v) is 3.89. The Hall–Kier alpha value is -3.62. The van der Waals surface area contributed by atoms with Gasteiger partial charge in [-0.05, 0) is 44.0 Å². The molecule has 1 saturated heterocycles. The predicted octanol–water partition coefficient (Wildman–Crippen LogP) is 2.61. The summed E-state index contributed by atoms with van der Waals surface area (Å²) in [6, 6.07) is 10.7. The molecule has 0 aliphatic carbocycles. The molecule has 1 fully saturated rings. The molecule has 4 rings (SSSR count). The van der Waals surface area contributed by atoms with Crippen LogP contribution in [0, 0.1) is 0 Å². The molecular weight excluding hydrogens is 396 g/mol. The number of piperidine rings is 1. The molecule has 0 spiro atoms. The highest BCUT2D eigenvalue weighted by Crippen LogP contribution is 2.23. The van der Waals surface area contributed by atoms with Crippen LogP contribution in [0.25, 0.3) is 11.2 Å². The highest BCUT2D eigenvalue weighted by atomic mass is 16.5. The number of carbonyl (C=O) groups excluding carboxylic acids is 1. The Morgan fingerprint density at radius 3 is 2.71 bits per heavy atom. The molecular formula is C22H26N6O3. The van der Waals surface area contributed by atoms with Gasteiger partial charge in [0.2, 0.25) is 0 Å². The number of aryl methyl sites for hydroxylation is 1. The molecule has 3 aromatic rings. The molecule has 162 valence electrons. The molecule has 9 heteroatoms. The van der Waals surface area contributed by atoms with Crippen LogP contribution in [0.1, 0.15) is 19.8 Å². The molecule has 2 amide bonds. The van der Waals surface area contributed by atoms with Crippen molar-refractivity contribution in [1.29, 1.82) is 0 Å². The summed E-state index contributed by atoms with van der Waals surface area (Å²) >= 11 is 0. The Morgan fingerprint density at radius 2 is 1.97 bits per heavy atom. The van der Waals surface area contributed by atoms with Crippen molar-refractivity contribution < 1.29 is 9.53 Å². The molecule has 0 unspecified atom stereocenters. The van der Waals surface area contributed by atoms with Crippen molar-refractivity contribution in [2.75, 3.05) is 30.4 Å². The normalized spacial score (nSPS) is 14.5. The second-order valence-electron chi connectivity index (χ2n) is 7.39. The Balaban J connectivity index is 1.42. The van der Waals surface area contributed by atoms with Crippen LogP contribution in [0.2, 0.25) is 0 Å². The summed E-state index contributed by atoms with van der Waals surface area (Å²) in [6.45, 7) is 3.73. The van der Waals surface area contributed by atoms with Crippen molar-refractivity contribution in [2.24, 2.45) is 0 Å². The summed E-state index contributed by atoms with van der Waals surface area (Å²) in [6.07, 6.45) is 3.11. The lowest BCUT2D eigenvalue weighted by Gasteiger charge is -2.33. The second kappa shape index (κ2) is 9.03. The molecule has 1 aromatic carbocycles.